The molecule has 7 nitrogen and oxygen atoms in total. The number of nitrogens with zero attached hydrogens (tertiary/aromatic N) is 2. The highest BCUT2D eigenvalue weighted by molar-refractivity contribution is 7.92. The maximum Gasteiger partial charge on any atom is 0.242 e. The predicted molar refractivity (Wildman–Crippen MR) is 143 cm³/mol. The van der Waals surface area contributed by atoms with Crippen LogP contribution in [0.3, 0.4) is 0 Å². The fourth-order valence-electron chi connectivity index (χ4n) is 3.40. The molecule has 0 aliphatic heterocycles. The molecule has 0 radical (unpaired) electrons. The lowest BCUT2D eigenvalue weighted by Crippen LogP contribution is -2.47. The highest BCUT2D eigenvalue weighted by atomic mass is 35.5. The highest BCUT2D eigenvalue weighted by Crippen LogP contribution is 2.31. The number of hydrogen-bond donors (Lipinski definition) is 1. The van der Waals surface area contributed by atoms with Crippen LogP contribution in [0.5, 0.6) is 0 Å². The normalized spacial score (nSPS) is 12.2. The van der Waals surface area contributed by atoms with Crippen molar-refractivity contribution in [2.45, 2.75) is 39.3 Å². The van der Waals surface area contributed by atoms with Crippen molar-refractivity contribution in [1.82, 2.24) is 10.2 Å². The van der Waals surface area contributed by atoms with E-state index in [-0.39, 0.29) is 48.5 Å². The van der Waals surface area contributed by atoms with Crippen LogP contribution in [-0.2, 0) is 26.2 Å². The summed E-state index contributed by atoms with van der Waals surface area (Å²) in [4.78, 5) is 27.2. The molecule has 0 saturated carbocycles. The van der Waals surface area contributed by atoms with E-state index in [1.54, 1.807) is 38.1 Å². The molecule has 0 aliphatic rings. The summed E-state index contributed by atoms with van der Waals surface area (Å²) in [5, 5.41) is 4.09. The Morgan fingerprint density at radius 1 is 1.00 bits per heavy atom. The zero-order chi connectivity index (χ0) is 26.3. The third kappa shape index (κ3) is 8.43. The Kier molecular flexibility index (Phi) is 11.0. The molecule has 2 amide bonds. The summed E-state index contributed by atoms with van der Waals surface area (Å²) in [7, 11) is -3.70. The number of amides is 2. The van der Waals surface area contributed by atoms with Crippen LogP contribution in [0.25, 0.3) is 0 Å². The summed E-state index contributed by atoms with van der Waals surface area (Å²) < 4.78 is 26.0. The second-order valence-electron chi connectivity index (χ2n) is 7.86. The number of anilines is 1. The Labute approximate surface area is 226 Å². The van der Waals surface area contributed by atoms with Gasteiger partial charge in [0, 0.05) is 41.1 Å². The quantitative estimate of drug-likeness (QED) is 0.384. The molecule has 0 saturated heterocycles. The van der Waals surface area contributed by atoms with Gasteiger partial charge in [0.25, 0.3) is 0 Å². The number of sulfonamides is 1. The second kappa shape index (κ2) is 13.0. The molecule has 2 rings (SSSR count). The van der Waals surface area contributed by atoms with Gasteiger partial charge in [0.1, 0.15) is 6.04 Å². The molecule has 0 aromatic heterocycles. The SMILES string of the molecule is CCNC(=O)C(C)N(Cc1ccc(Cl)cc1Cl)C(=O)CCCN(c1cc(Cl)ccc1Cl)S(C)(=O)=O. The second-order valence-corrected chi connectivity index (χ2v) is 11.5. The number of carbonyl (C=O) groups is 2. The van der Waals surface area contributed by atoms with Crippen molar-refractivity contribution in [3.05, 3.63) is 62.1 Å². The van der Waals surface area contributed by atoms with E-state index >= 15 is 0 Å². The molecule has 1 N–H and O–H groups in total. The number of likely N-dealkylation sites (N-methyl/N-ethyl adjacent to an activating group) is 1. The van der Waals surface area contributed by atoms with E-state index in [9.17, 15) is 18.0 Å². The third-order valence-corrected chi connectivity index (χ3v) is 7.52. The fourth-order valence-corrected chi connectivity index (χ4v) is 5.27. The number of benzene rings is 2. The number of hydrogen-bond acceptors (Lipinski definition) is 4. The van der Waals surface area contributed by atoms with Crippen LogP contribution in [0.1, 0.15) is 32.3 Å². The maximum atomic E-state index is 13.2. The molecule has 2 aromatic carbocycles. The first-order valence-corrected chi connectivity index (χ1v) is 14.1. The van der Waals surface area contributed by atoms with E-state index in [4.69, 9.17) is 46.4 Å². The molecule has 0 heterocycles. The van der Waals surface area contributed by atoms with Crippen molar-refractivity contribution in [3.8, 4) is 0 Å². The first kappa shape index (κ1) is 29.5. The van der Waals surface area contributed by atoms with Gasteiger partial charge in [-0.15, -0.1) is 0 Å². The summed E-state index contributed by atoms with van der Waals surface area (Å²) in [6, 6.07) is 8.66. The zero-order valence-electron chi connectivity index (χ0n) is 19.5. The van der Waals surface area contributed by atoms with Crippen LogP contribution < -0.4 is 9.62 Å². The van der Waals surface area contributed by atoms with Gasteiger partial charge in [-0.1, -0.05) is 52.5 Å². The standard InChI is InChI=1S/C23H27Cl4N3O4S/c1-4-28-23(32)15(2)29(14-16-7-8-17(24)12-20(16)27)22(31)6-5-11-30(35(3,33)34)21-13-18(25)9-10-19(21)26/h7-10,12-13,15H,4-6,11,14H2,1-3H3,(H,28,32). The van der Waals surface area contributed by atoms with Gasteiger partial charge in [-0.25, -0.2) is 8.42 Å². The lowest BCUT2D eigenvalue weighted by molar-refractivity contribution is -0.140. The molecule has 0 spiro atoms. The lowest BCUT2D eigenvalue weighted by atomic mass is 10.1. The van der Waals surface area contributed by atoms with E-state index in [0.29, 0.717) is 27.2 Å². The van der Waals surface area contributed by atoms with Crippen molar-refractivity contribution in [2.24, 2.45) is 0 Å². The topological polar surface area (TPSA) is 86.8 Å². The summed E-state index contributed by atoms with van der Waals surface area (Å²) in [6.45, 7) is 3.91. The highest BCUT2D eigenvalue weighted by Gasteiger charge is 2.27. The fraction of sp³-hybridized carbons (Fsp3) is 0.391. The van der Waals surface area contributed by atoms with Crippen molar-refractivity contribution in [3.63, 3.8) is 0 Å². The molecule has 35 heavy (non-hydrogen) atoms. The molecule has 192 valence electrons. The predicted octanol–water partition coefficient (Wildman–Crippen LogP) is 5.40. The van der Waals surface area contributed by atoms with E-state index in [0.717, 1.165) is 10.6 Å². The number of carbonyl (C=O) groups excluding carboxylic acids is 2. The average Bonchev–Trinajstić information content (AvgIpc) is 2.77. The summed E-state index contributed by atoms with van der Waals surface area (Å²) in [5.41, 5.74) is 0.860. The van der Waals surface area contributed by atoms with Gasteiger partial charge >= 0.3 is 0 Å². The number of nitrogens with one attached hydrogen (secondary N) is 1. The Hall–Kier alpha value is -1.71. The molecular formula is C23H27Cl4N3O4S. The zero-order valence-corrected chi connectivity index (χ0v) is 23.4. The Morgan fingerprint density at radius 3 is 2.23 bits per heavy atom. The first-order chi connectivity index (χ1) is 16.3. The van der Waals surface area contributed by atoms with E-state index < -0.39 is 16.1 Å². The van der Waals surface area contributed by atoms with Gasteiger partial charge in [0.2, 0.25) is 21.8 Å². The van der Waals surface area contributed by atoms with Gasteiger partial charge in [-0.05, 0) is 56.2 Å². The van der Waals surface area contributed by atoms with Gasteiger partial charge < -0.3 is 10.2 Å². The number of rotatable bonds is 11. The van der Waals surface area contributed by atoms with E-state index in [1.807, 2.05) is 0 Å². The minimum Gasteiger partial charge on any atom is -0.355 e. The van der Waals surface area contributed by atoms with Crippen LogP contribution in [0.2, 0.25) is 20.1 Å². The average molecular weight is 583 g/mol. The van der Waals surface area contributed by atoms with Crippen LogP contribution in [0.4, 0.5) is 5.69 Å². The van der Waals surface area contributed by atoms with Gasteiger partial charge in [0.05, 0.1) is 17.0 Å². The molecule has 0 bridgehead atoms. The molecular weight excluding hydrogens is 556 g/mol. The molecule has 12 heteroatoms. The number of halogens is 4. The Morgan fingerprint density at radius 2 is 1.63 bits per heavy atom. The van der Waals surface area contributed by atoms with Gasteiger partial charge in [-0.3, -0.25) is 13.9 Å². The van der Waals surface area contributed by atoms with Gasteiger partial charge in [0.15, 0.2) is 0 Å². The summed E-state index contributed by atoms with van der Waals surface area (Å²) >= 11 is 24.5. The van der Waals surface area contributed by atoms with Crippen LogP contribution >= 0.6 is 46.4 Å². The smallest absolute Gasteiger partial charge is 0.242 e. The minimum atomic E-state index is -3.70. The molecule has 2 aromatic rings. The lowest BCUT2D eigenvalue weighted by Gasteiger charge is -2.29. The largest absolute Gasteiger partial charge is 0.355 e. The van der Waals surface area contributed by atoms with E-state index in [1.165, 1.54) is 17.0 Å². The molecule has 1 unspecified atom stereocenters. The Bertz CT molecular complexity index is 1180. The van der Waals surface area contributed by atoms with E-state index in [2.05, 4.69) is 5.32 Å². The summed E-state index contributed by atoms with van der Waals surface area (Å²) in [6.07, 6.45) is 1.22. The van der Waals surface area contributed by atoms with Crippen molar-refractivity contribution >= 4 is 73.9 Å². The van der Waals surface area contributed by atoms with Crippen LogP contribution in [0.15, 0.2) is 36.4 Å². The molecule has 0 fully saturated rings. The monoisotopic (exact) mass is 581 g/mol. The van der Waals surface area contributed by atoms with Crippen LogP contribution in [0, 0.1) is 0 Å². The minimum absolute atomic E-state index is 0.00425. The van der Waals surface area contributed by atoms with Crippen molar-refractivity contribution in [2.75, 3.05) is 23.7 Å². The van der Waals surface area contributed by atoms with Crippen LogP contribution in [-0.4, -0.2) is 50.5 Å². The first-order valence-electron chi connectivity index (χ1n) is 10.8. The summed E-state index contributed by atoms with van der Waals surface area (Å²) in [5.74, 6) is -0.644. The Balaban J connectivity index is 2.22. The molecule has 1 atom stereocenters. The molecule has 0 aliphatic carbocycles. The van der Waals surface area contributed by atoms with Crippen molar-refractivity contribution in [1.29, 1.82) is 0 Å². The van der Waals surface area contributed by atoms with Gasteiger partial charge in [-0.2, -0.15) is 0 Å². The maximum absolute atomic E-state index is 13.2. The third-order valence-electron chi connectivity index (χ3n) is 5.20. The van der Waals surface area contributed by atoms with Crippen molar-refractivity contribution < 1.29 is 18.0 Å².